The molecule has 0 amide bonds. The third-order valence-electron chi connectivity index (χ3n) is 3.22. The summed E-state index contributed by atoms with van der Waals surface area (Å²) in [5, 5.41) is 3.56. The molecule has 0 aromatic carbocycles. The Morgan fingerprint density at radius 2 is 2.07 bits per heavy atom. The average molecular weight is 209 g/mol. The molecule has 1 aromatic heterocycles. The molecule has 0 saturated heterocycles. The first kappa shape index (κ1) is 10.2. The number of rotatable bonds is 2. The van der Waals surface area contributed by atoms with E-state index >= 15 is 0 Å². The highest BCUT2D eigenvalue weighted by Gasteiger charge is 2.44. The van der Waals surface area contributed by atoms with Crippen LogP contribution in [0.2, 0.25) is 0 Å². The van der Waals surface area contributed by atoms with Gasteiger partial charge >= 0.3 is 0 Å². The Balaban J connectivity index is 2.27. The quantitative estimate of drug-likeness (QED) is 0.720. The number of thiazole rings is 1. The molecule has 78 valence electrons. The molecule has 0 atom stereocenters. The van der Waals surface area contributed by atoms with Gasteiger partial charge in [0.2, 0.25) is 0 Å². The van der Waals surface area contributed by atoms with Crippen molar-refractivity contribution >= 4 is 11.3 Å². The molecule has 0 N–H and O–H groups in total. The van der Waals surface area contributed by atoms with Gasteiger partial charge in [0.15, 0.2) is 0 Å². The fourth-order valence-corrected chi connectivity index (χ4v) is 2.83. The van der Waals surface area contributed by atoms with Gasteiger partial charge in [0, 0.05) is 16.2 Å². The van der Waals surface area contributed by atoms with Gasteiger partial charge in [-0.2, -0.15) is 0 Å². The van der Waals surface area contributed by atoms with Crippen molar-refractivity contribution in [2.75, 3.05) is 0 Å². The molecule has 1 aliphatic rings. The van der Waals surface area contributed by atoms with Crippen LogP contribution in [0, 0.1) is 0 Å². The van der Waals surface area contributed by atoms with Crippen molar-refractivity contribution in [1.29, 1.82) is 0 Å². The molecule has 2 rings (SSSR count). The minimum atomic E-state index is 0.215. The number of nitrogens with zero attached hydrogens (tertiary/aromatic N) is 1. The zero-order chi connectivity index (χ0) is 10.4. The lowest BCUT2D eigenvalue weighted by atomic mass is 9.97. The SMILES string of the molecule is CCC1(c2csc(C(C)(C)C)n2)CC1. The Hall–Kier alpha value is -0.370. The maximum Gasteiger partial charge on any atom is 0.0982 e. The molecule has 1 saturated carbocycles. The predicted octanol–water partition coefficient (Wildman–Crippen LogP) is 3.88. The van der Waals surface area contributed by atoms with E-state index in [1.54, 1.807) is 0 Å². The molecule has 0 aliphatic heterocycles. The largest absolute Gasteiger partial charge is 0.245 e. The van der Waals surface area contributed by atoms with Crippen LogP contribution in [0.15, 0.2) is 5.38 Å². The summed E-state index contributed by atoms with van der Waals surface area (Å²) in [6, 6.07) is 0. The molecular weight excluding hydrogens is 190 g/mol. The Kier molecular flexibility index (Phi) is 2.22. The first-order valence-corrected chi connectivity index (χ1v) is 6.32. The molecule has 1 aromatic rings. The summed E-state index contributed by atoms with van der Waals surface area (Å²) in [5.74, 6) is 0. The summed E-state index contributed by atoms with van der Waals surface area (Å²) in [7, 11) is 0. The second-order valence-electron chi connectivity index (χ2n) is 5.42. The third kappa shape index (κ3) is 1.60. The Bertz CT molecular complexity index is 328. The van der Waals surface area contributed by atoms with Crippen LogP contribution in [0.1, 0.15) is 57.7 Å². The van der Waals surface area contributed by atoms with E-state index in [0.29, 0.717) is 5.41 Å². The van der Waals surface area contributed by atoms with Crippen molar-refractivity contribution in [3.05, 3.63) is 16.1 Å². The lowest BCUT2D eigenvalue weighted by Gasteiger charge is -2.14. The Morgan fingerprint density at radius 1 is 1.43 bits per heavy atom. The summed E-state index contributed by atoms with van der Waals surface area (Å²) in [5.41, 5.74) is 2.04. The van der Waals surface area contributed by atoms with E-state index in [1.807, 2.05) is 11.3 Å². The van der Waals surface area contributed by atoms with E-state index < -0.39 is 0 Å². The van der Waals surface area contributed by atoms with Crippen LogP contribution in [-0.4, -0.2) is 4.98 Å². The van der Waals surface area contributed by atoms with Crippen LogP contribution in [0.4, 0.5) is 0 Å². The van der Waals surface area contributed by atoms with Crippen LogP contribution in [0.3, 0.4) is 0 Å². The van der Waals surface area contributed by atoms with Crippen molar-refractivity contribution in [3.8, 4) is 0 Å². The highest BCUT2D eigenvalue weighted by atomic mass is 32.1. The van der Waals surface area contributed by atoms with E-state index in [1.165, 1.54) is 30.0 Å². The number of hydrogen-bond donors (Lipinski definition) is 0. The second-order valence-corrected chi connectivity index (χ2v) is 6.28. The average Bonchev–Trinajstić information content (AvgIpc) is 2.73. The van der Waals surface area contributed by atoms with Crippen LogP contribution < -0.4 is 0 Å². The first-order valence-electron chi connectivity index (χ1n) is 5.44. The Morgan fingerprint density at radius 3 is 2.43 bits per heavy atom. The maximum atomic E-state index is 4.81. The smallest absolute Gasteiger partial charge is 0.0982 e. The molecule has 0 bridgehead atoms. The minimum Gasteiger partial charge on any atom is -0.245 e. The molecule has 1 nitrogen and oxygen atoms in total. The van der Waals surface area contributed by atoms with Gasteiger partial charge in [-0.05, 0) is 19.3 Å². The lowest BCUT2D eigenvalue weighted by molar-refractivity contribution is 0.572. The first-order chi connectivity index (χ1) is 6.48. The van der Waals surface area contributed by atoms with Crippen molar-refractivity contribution in [1.82, 2.24) is 4.98 Å². The van der Waals surface area contributed by atoms with Gasteiger partial charge in [-0.15, -0.1) is 11.3 Å². The summed E-state index contributed by atoms with van der Waals surface area (Å²) >= 11 is 1.83. The van der Waals surface area contributed by atoms with Crippen LogP contribution in [0.25, 0.3) is 0 Å². The predicted molar refractivity (Wildman–Crippen MR) is 62.0 cm³/mol. The van der Waals surface area contributed by atoms with E-state index in [9.17, 15) is 0 Å². The molecule has 0 unspecified atom stereocenters. The molecule has 2 heteroatoms. The molecule has 1 heterocycles. The van der Waals surface area contributed by atoms with Gasteiger partial charge in [0.05, 0.1) is 10.7 Å². The fourth-order valence-electron chi connectivity index (χ4n) is 1.80. The van der Waals surface area contributed by atoms with E-state index in [2.05, 4.69) is 33.1 Å². The molecule has 14 heavy (non-hydrogen) atoms. The molecule has 1 aliphatic carbocycles. The fraction of sp³-hybridized carbons (Fsp3) is 0.750. The van der Waals surface area contributed by atoms with Gasteiger partial charge in [0.1, 0.15) is 0 Å². The van der Waals surface area contributed by atoms with Crippen LogP contribution in [-0.2, 0) is 10.8 Å². The van der Waals surface area contributed by atoms with Crippen LogP contribution >= 0.6 is 11.3 Å². The van der Waals surface area contributed by atoms with E-state index in [4.69, 9.17) is 4.98 Å². The van der Waals surface area contributed by atoms with Crippen molar-refractivity contribution in [2.45, 2.75) is 57.8 Å². The molecule has 0 radical (unpaired) electrons. The number of aromatic nitrogens is 1. The van der Waals surface area contributed by atoms with Crippen molar-refractivity contribution < 1.29 is 0 Å². The summed E-state index contributed by atoms with van der Waals surface area (Å²) in [4.78, 5) is 4.81. The van der Waals surface area contributed by atoms with Gasteiger partial charge in [-0.3, -0.25) is 0 Å². The second kappa shape index (κ2) is 3.06. The summed E-state index contributed by atoms with van der Waals surface area (Å²) in [6.07, 6.45) is 3.94. The minimum absolute atomic E-state index is 0.215. The maximum absolute atomic E-state index is 4.81. The van der Waals surface area contributed by atoms with Crippen molar-refractivity contribution in [3.63, 3.8) is 0 Å². The highest BCUT2D eigenvalue weighted by Crippen LogP contribution is 2.51. The summed E-state index contributed by atoms with van der Waals surface area (Å²) in [6.45, 7) is 8.99. The van der Waals surface area contributed by atoms with E-state index in [-0.39, 0.29) is 5.41 Å². The summed E-state index contributed by atoms with van der Waals surface area (Å²) < 4.78 is 0. The zero-order valence-corrected chi connectivity index (χ0v) is 10.4. The topological polar surface area (TPSA) is 12.9 Å². The van der Waals surface area contributed by atoms with Gasteiger partial charge < -0.3 is 0 Å². The van der Waals surface area contributed by atoms with Crippen molar-refractivity contribution in [2.24, 2.45) is 0 Å². The molecule has 0 spiro atoms. The number of hydrogen-bond acceptors (Lipinski definition) is 2. The van der Waals surface area contributed by atoms with Gasteiger partial charge in [0.25, 0.3) is 0 Å². The Labute approximate surface area is 90.6 Å². The molecular formula is C12H19NS. The van der Waals surface area contributed by atoms with E-state index in [0.717, 1.165) is 0 Å². The molecule has 1 fully saturated rings. The highest BCUT2D eigenvalue weighted by molar-refractivity contribution is 7.09. The monoisotopic (exact) mass is 209 g/mol. The third-order valence-corrected chi connectivity index (χ3v) is 4.49. The normalized spacial score (nSPS) is 19.7. The standard InChI is InChI=1S/C12H19NS/c1-5-12(6-7-12)9-8-14-10(13-9)11(2,3)4/h8H,5-7H2,1-4H3. The van der Waals surface area contributed by atoms with Crippen LogP contribution in [0.5, 0.6) is 0 Å². The lowest BCUT2D eigenvalue weighted by Crippen LogP contribution is -2.12. The zero-order valence-electron chi connectivity index (χ0n) is 9.55. The van der Waals surface area contributed by atoms with Gasteiger partial charge in [-0.25, -0.2) is 4.98 Å². The van der Waals surface area contributed by atoms with Gasteiger partial charge in [-0.1, -0.05) is 27.7 Å².